The summed E-state index contributed by atoms with van der Waals surface area (Å²) in [7, 11) is -3.33. The molecule has 2 heterocycles. The van der Waals surface area contributed by atoms with Crippen molar-refractivity contribution in [3.63, 3.8) is 0 Å². The van der Waals surface area contributed by atoms with Crippen LogP contribution in [0.1, 0.15) is 30.4 Å². The van der Waals surface area contributed by atoms with Gasteiger partial charge in [-0.15, -0.1) is 0 Å². The molecular formula is C16H19NO2S. The molecule has 0 radical (unpaired) electrons. The van der Waals surface area contributed by atoms with Gasteiger partial charge >= 0.3 is 0 Å². The Morgan fingerprint density at radius 1 is 1.20 bits per heavy atom. The lowest BCUT2D eigenvalue weighted by atomic mass is 10.2. The third kappa shape index (κ3) is 2.58. The van der Waals surface area contributed by atoms with E-state index in [1.54, 1.807) is 10.4 Å². The highest BCUT2D eigenvalue weighted by molar-refractivity contribution is 7.92. The molecule has 0 aromatic heterocycles. The number of sulfonamides is 1. The molecule has 1 aromatic rings. The molecule has 3 rings (SSSR count). The highest BCUT2D eigenvalue weighted by Crippen LogP contribution is 2.34. The van der Waals surface area contributed by atoms with E-state index in [-0.39, 0.29) is 12.1 Å². The molecule has 106 valence electrons. The highest BCUT2D eigenvalue weighted by Gasteiger charge is 2.40. The van der Waals surface area contributed by atoms with E-state index in [1.165, 1.54) is 11.0 Å². The number of rotatable bonds is 3. The molecule has 4 heteroatoms. The lowest BCUT2D eigenvalue weighted by Crippen LogP contribution is -2.40. The van der Waals surface area contributed by atoms with E-state index in [0.717, 1.165) is 24.8 Å². The molecule has 0 N–H and O–H groups in total. The summed E-state index contributed by atoms with van der Waals surface area (Å²) in [5, 5.41) is 1.35. The van der Waals surface area contributed by atoms with Gasteiger partial charge in [-0.25, -0.2) is 8.42 Å². The van der Waals surface area contributed by atoms with Crippen molar-refractivity contribution in [1.29, 1.82) is 0 Å². The van der Waals surface area contributed by atoms with Crippen LogP contribution in [0.25, 0.3) is 6.08 Å². The lowest BCUT2D eigenvalue weighted by molar-refractivity contribution is 0.345. The second kappa shape index (κ2) is 5.19. The lowest BCUT2D eigenvalue weighted by Gasteiger charge is -2.28. The molecule has 1 fully saturated rings. The molecule has 3 nitrogen and oxygen atoms in total. The number of hydrogen-bond acceptors (Lipinski definition) is 2. The quantitative estimate of drug-likeness (QED) is 0.802. The monoisotopic (exact) mass is 289 g/mol. The van der Waals surface area contributed by atoms with E-state index in [0.29, 0.717) is 0 Å². The minimum Gasteiger partial charge on any atom is -0.207 e. The standard InChI is InChI=1S/C16H19NO2S/c1-13-5-7-14(8-6-13)11-12-20(18,19)17-15-3-2-4-16(17)10-9-15/h2-3,5-8,11-12,15-16H,4,9-10H2,1H3/b12-11+. The molecule has 20 heavy (non-hydrogen) atoms. The fraction of sp³-hybridized carbons (Fsp3) is 0.375. The van der Waals surface area contributed by atoms with E-state index in [4.69, 9.17) is 0 Å². The van der Waals surface area contributed by atoms with Crippen LogP contribution in [0.15, 0.2) is 41.8 Å². The van der Waals surface area contributed by atoms with E-state index >= 15 is 0 Å². The smallest absolute Gasteiger partial charge is 0.207 e. The Bertz CT molecular complexity index is 644. The van der Waals surface area contributed by atoms with Crippen LogP contribution in [0.2, 0.25) is 0 Å². The van der Waals surface area contributed by atoms with Gasteiger partial charge in [0.1, 0.15) is 0 Å². The van der Waals surface area contributed by atoms with E-state index in [2.05, 4.69) is 6.08 Å². The molecule has 0 aliphatic carbocycles. The summed E-state index contributed by atoms with van der Waals surface area (Å²) in [4.78, 5) is 0. The average Bonchev–Trinajstić information content (AvgIpc) is 2.70. The summed E-state index contributed by atoms with van der Waals surface area (Å²) >= 11 is 0. The normalized spacial score (nSPS) is 26.4. The summed E-state index contributed by atoms with van der Waals surface area (Å²) in [5.41, 5.74) is 2.09. The maximum absolute atomic E-state index is 12.5. The number of benzene rings is 1. The predicted molar refractivity (Wildman–Crippen MR) is 81.5 cm³/mol. The number of nitrogens with zero attached hydrogens (tertiary/aromatic N) is 1. The topological polar surface area (TPSA) is 37.4 Å². The number of hydrogen-bond donors (Lipinski definition) is 0. The highest BCUT2D eigenvalue weighted by atomic mass is 32.2. The zero-order valence-corrected chi connectivity index (χ0v) is 12.4. The fourth-order valence-corrected chi connectivity index (χ4v) is 4.62. The molecule has 2 aliphatic heterocycles. The molecule has 1 saturated heterocycles. The Balaban J connectivity index is 1.82. The van der Waals surface area contributed by atoms with Crippen molar-refractivity contribution >= 4 is 16.1 Å². The number of aryl methyl sites for hydroxylation is 1. The van der Waals surface area contributed by atoms with E-state index in [9.17, 15) is 8.42 Å². The predicted octanol–water partition coefficient (Wildman–Crippen LogP) is 3.09. The van der Waals surface area contributed by atoms with Crippen molar-refractivity contribution < 1.29 is 8.42 Å². The van der Waals surface area contributed by atoms with Crippen LogP contribution in [0.3, 0.4) is 0 Å². The summed E-state index contributed by atoms with van der Waals surface area (Å²) < 4.78 is 26.7. The first-order valence-corrected chi connectivity index (χ1v) is 8.51. The van der Waals surface area contributed by atoms with Crippen molar-refractivity contribution in [2.75, 3.05) is 0 Å². The first kappa shape index (κ1) is 13.6. The molecule has 2 aliphatic rings. The van der Waals surface area contributed by atoms with Gasteiger partial charge in [0.2, 0.25) is 10.0 Å². The van der Waals surface area contributed by atoms with Gasteiger partial charge in [0.25, 0.3) is 0 Å². The van der Waals surface area contributed by atoms with Gasteiger partial charge < -0.3 is 0 Å². The van der Waals surface area contributed by atoms with Crippen molar-refractivity contribution in [3.8, 4) is 0 Å². The van der Waals surface area contributed by atoms with Gasteiger partial charge in [-0.2, -0.15) is 4.31 Å². The molecule has 2 bridgehead atoms. The maximum atomic E-state index is 12.5. The second-order valence-electron chi connectivity index (χ2n) is 5.55. The maximum Gasteiger partial charge on any atom is 0.237 e. The van der Waals surface area contributed by atoms with Crippen LogP contribution in [-0.2, 0) is 10.0 Å². The van der Waals surface area contributed by atoms with Crippen LogP contribution in [0.4, 0.5) is 0 Å². The summed E-state index contributed by atoms with van der Waals surface area (Å²) in [6.07, 6.45) is 8.58. The van der Waals surface area contributed by atoms with Crippen LogP contribution >= 0.6 is 0 Å². The van der Waals surface area contributed by atoms with Crippen molar-refractivity contribution in [3.05, 3.63) is 53.0 Å². The molecule has 0 spiro atoms. The molecular weight excluding hydrogens is 270 g/mol. The number of fused-ring (bicyclic) bond motifs is 2. The van der Waals surface area contributed by atoms with Crippen molar-refractivity contribution in [1.82, 2.24) is 4.31 Å². The Morgan fingerprint density at radius 2 is 1.95 bits per heavy atom. The molecule has 1 aromatic carbocycles. The van der Waals surface area contributed by atoms with Crippen molar-refractivity contribution in [2.45, 2.75) is 38.3 Å². The zero-order valence-electron chi connectivity index (χ0n) is 11.6. The van der Waals surface area contributed by atoms with Gasteiger partial charge in [-0.3, -0.25) is 0 Å². The average molecular weight is 289 g/mol. The second-order valence-corrected chi connectivity index (χ2v) is 7.27. The van der Waals surface area contributed by atoms with Crippen LogP contribution in [0, 0.1) is 6.92 Å². The molecule has 2 atom stereocenters. The largest absolute Gasteiger partial charge is 0.237 e. The first-order valence-electron chi connectivity index (χ1n) is 7.01. The summed E-state index contributed by atoms with van der Waals surface area (Å²) in [5.74, 6) is 0. The van der Waals surface area contributed by atoms with E-state index < -0.39 is 10.0 Å². The molecule has 2 unspecified atom stereocenters. The Labute approximate surface area is 120 Å². The zero-order chi connectivity index (χ0) is 14.2. The molecule has 0 saturated carbocycles. The van der Waals surface area contributed by atoms with Gasteiger partial charge in [-0.05, 0) is 37.8 Å². The van der Waals surface area contributed by atoms with Gasteiger partial charge in [0.15, 0.2) is 0 Å². The molecule has 0 amide bonds. The summed E-state index contributed by atoms with van der Waals surface area (Å²) in [6, 6.07) is 8.05. The Hall–Kier alpha value is -1.39. The van der Waals surface area contributed by atoms with Gasteiger partial charge in [-0.1, -0.05) is 42.0 Å². The fourth-order valence-electron chi connectivity index (χ4n) is 2.99. The van der Waals surface area contributed by atoms with E-state index in [1.807, 2.05) is 37.3 Å². The van der Waals surface area contributed by atoms with Crippen LogP contribution in [-0.4, -0.2) is 24.8 Å². The third-order valence-corrected chi connectivity index (χ3v) is 5.69. The summed E-state index contributed by atoms with van der Waals surface area (Å²) in [6.45, 7) is 2.02. The van der Waals surface area contributed by atoms with Crippen molar-refractivity contribution in [2.24, 2.45) is 0 Å². The minimum atomic E-state index is -3.33. The minimum absolute atomic E-state index is 0.0569. The Kier molecular flexibility index (Phi) is 3.52. The third-order valence-electron chi connectivity index (χ3n) is 4.05. The van der Waals surface area contributed by atoms with Crippen LogP contribution < -0.4 is 0 Å². The van der Waals surface area contributed by atoms with Crippen LogP contribution in [0.5, 0.6) is 0 Å². The SMILES string of the molecule is Cc1ccc(/C=C/S(=O)(=O)N2C3C=CCC2CC3)cc1. The van der Waals surface area contributed by atoms with Gasteiger partial charge in [0, 0.05) is 17.5 Å². The van der Waals surface area contributed by atoms with Gasteiger partial charge in [0.05, 0.1) is 0 Å². The Morgan fingerprint density at radius 3 is 2.65 bits per heavy atom. The first-order chi connectivity index (χ1) is 9.56.